The Morgan fingerprint density at radius 1 is 1.08 bits per heavy atom. The number of ether oxygens (including phenoxy) is 2. The monoisotopic (exact) mass is 704 g/mol. The van der Waals surface area contributed by atoms with Crippen molar-refractivity contribution in [3.05, 3.63) is 63.5 Å². The maximum Gasteiger partial charge on any atom is 0.307 e. The first-order valence-corrected chi connectivity index (χ1v) is 18.1. The molecule has 1 amide bonds. The summed E-state index contributed by atoms with van der Waals surface area (Å²) in [4.78, 5) is 33.6. The number of amides is 1. The van der Waals surface area contributed by atoms with Gasteiger partial charge in [0.1, 0.15) is 16.4 Å². The number of thiazole rings is 1. The molecule has 14 heteroatoms. The van der Waals surface area contributed by atoms with Gasteiger partial charge >= 0.3 is 5.97 Å². The van der Waals surface area contributed by atoms with Gasteiger partial charge in [0.2, 0.25) is 15.9 Å². The predicted molar refractivity (Wildman–Crippen MR) is 178 cm³/mol. The number of carbonyl (C=O) groups is 2. The van der Waals surface area contributed by atoms with Gasteiger partial charge < -0.3 is 19.7 Å². The van der Waals surface area contributed by atoms with E-state index in [4.69, 9.17) is 9.47 Å². The van der Waals surface area contributed by atoms with Crippen molar-refractivity contribution in [2.45, 2.75) is 76.0 Å². The van der Waals surface area contributed by atoms with Gasteiger partial charge in [0, 0.05) is 30.1 Å². The van der Waals surface area contributed by atoms with Crippen molar-refractivity contribution in [2.75, 3.05) is 34.3 Å². The van der Waals surface area contributed by atoms with E-state index in [1.807, 2.05) is 14.1 Å². The number of esters is 1. The Kier molecular flexibility index (Phi) is 10.3. The van der Waals surface area contributed by atoms with Crippen molar-refractivity contribution in [1.82, 2.24) is 19.5 Å². The highest BCUT2D eigenvalue weighted by Gasteiger charge is 2.47. The zero-order valence-corrected chi connectivity index (χ0v) is 29.7. The highest BCUT2D eigenvalue weighted by atomic mass is 32.2. The van der Waals surface area contributed by atoms with Crippen LogP contribution in [0.5, 0.6) is 5.75 Å². The van der Waals surface area contributed by atoms with Crippen LogP contribution in [-0.2, 0) is 43.7 Å². The third-order valence-electron chi connectivity index (χ3n) is 8.87. The topological polar surface area (TPSA) is 118 Å². The Morgan fingerprint density at radius 3 is 2.27 bits per heavy atom. The van der Waals surface area contributed by atoms with Gasteiger partial charge in [0.15, 0.2) is 11.6 Å². The summed E-state index contributed by atoms with van der Waals surface area (Å²) in [6, 6.07) is 7.20. The minimum atomic E-state index is -3.75. The number of nitrogens with zero attached hydrogens (tertiary/aromatic N) is 3. The Morgan fingerprint density at radius 2 is 1.71 bits per heavy atom. The Labute approximate surface area is 284 Å². The highest BCUT2D eigenvalue weighted by Crippen LogP contribution is 2.42. The SMILES string of the molecule is COc1ccc(S(=O)(=O)N2CCC(N(C)C)CC2)cc1-c1csc(CNC(=O)C2(CC(=O)OC(C)(C)C)Cc3cc(F)c(F)cc3C2)n1. The molecule has 3 aromatic rings. The number of fused-ring (bicyclic) bond motifs is 1. The molecule has 48 heavy (non-hydrogen) atoms. The summed E-state index contributed by atoms with van der Waals surface area (Å²) in [5.74, 6) is -2.64. The van der Waals surface area contributed by atoms with Crippen molar-refractivity contribution >= 4 is 33.2 Å². The number of benzene rings is 2. The molecular formula is C34H42F2N4O6S2. The molecule has 1 saturated heterocycles. The van der Waals surface area contributed by atoms with E-state index in [-0.39, 0.29) is 30.7 Å². The number of piperidine rings is 1. The predicted octanol–water partition coefficient (Wildman–Crippen LogP) is 4.94. The molecule has 0 atom stereocenters. The van der Waals surface area contributed by atoms with Crippen LogP contribution in [-0.4, -0.2) is 80.4 Å². The van der Waals surface area contributed by atoms with E-state index in [2.05, 4.69) is 15.2 Å². The minimum absolute atomic E-state index is 0.0137. The van der Waals surface area contributed by atoms with Crippen molar-refractivity contribution < 1.29 is 36.3 Å². The fourth-order valence-corrected chi connectivity index (χ4v) is 8.65. The Bertz CT molecular complexity index is 1770. The smallest absolute Gasteiger partial charge is 0.307 e. The number of aromatic nitrogens is 1. The molecule has 1 N–H and O–H groups in total. The van der Waals surface area contributed by atoms with Crippen molar-refractivity contribution in [3.63, 3.8) is 0 Å². The fourth-order valence-electron chi connectivity index (χ4n) is 6.42. The average molecular weight is 705 g/mol. The zero-order chi connectivity index (χ0) is 35.0. The molecule has 2 aromatic carbocycles. The maximum atomic E-state index is 14.1. The first-order valence-electron chi connectivity index (χ1n) is 15.8. The molecule has 1 aromatic heterocycles. The molecule has 10 nitrogen and oxygen atoms in total. The van der Waals surface area contributed by atoms with E-state index in [1.165, 1.54) is 28.8 Å². The van der Waals surface area contributed by atoms with Crippen LogP contribution in [0.1, 0.15) is 56.2 Å². The minimum Gasteiger partial charge on any atom is -0.496 e. The average Bonchev–Trinajstić information content (AvgIpc) is 3.63. The van der Waals surface area contributed by atoms with Crippen LogP contribution in [0.3, 0.4) is 0 Å². The number of sulfonamides is 1. The van der Waals surface area contributed by atoms with Gasteiger partial charge in [-0.25, -0.2) is 22.2 Å². The molecule has 0 bridgehead atoms. The number of methoxy groups -OCH3 is 1. The number of hydrogen-bond acceptors (Lipinski definition) is 9. The summed E-state index contributed by atoms with van der Waals surface area (Å²) < 4.78 is 67.9. The van der Waals surface area contributed by atoms with E-state index in [1.54, 1.807) is 38.3 Å². The second-order valence-electron chi connectivity index (χ2n) is 13.7. The van der Waals surface area contributed by atoms with Gasteiger partial charge in [0.05, 0.1) is 36.1 Å². The molecule has 0 saturated carbocycles. The third-order valence-corrected chi connectivity index (χ3v) is 11.6. The zero-order valence-electron chi connectivity index (χ0n) is 28.1. The van der Waals surface area contributed by atoms with E-state index in [0.717, 1.165) is 25.0 Å². The summed E-state index contributed by atoms with van der Waals surface area (Å²) in [7, 11) is 1.74. The van der Waals surface area contributed by atoms with Crippen LogP contribution in [0.25, 0.3) is 11.3 Å². The van der Waals surface area contributed by atoms with Crippen molar-refractivity contribution in [1.29, 1.82) is 0 Å². The lowest BCUT2D eigenvalue weighted by atomic mass is 9.80. The van der Waals surface area contributed by atoms with E-state index < -0.39 is 44.6 Å². The largest absolute Gasteiger partial charge is 0.496 e. The van der Waals surface area contributed by atoms with Gasteiger partial charge in [-0.3, -0.25) is 9.59 Å². The third kappa shape index (κ3) is 7.72. The number of rotatable bonds is 10. The molecule has 2 aliphatic rings. The van der Waals surface area contributed by atoms with Crippen molar-refractivity contribution in [2.24, 2.45) is 5.41 Å². The standard InChI is InChI=1S/C34H42F2N4O6S2/c1-33(2,3)46-31(41)18-34(16-21-13-26(35)27(36)14-22(21)17-34)32(42)37-19-30-38-28(20-47-30)25-15-24(7-8-29(25)45-6)48(43,44)40-11-9-23(10-12-40)39(4)5/h7-8,13-15,20,23H,9-12,16-19H2,1-6H3,(H,37,42). The normalized spacial score (nSPS) is 16.9. The quantitative estimate of drug-likeness (QED) is 0.295. The van der Waals surface area contributed by atoms with Gasteiger partial charge in [-0.1, -0.05) is 0 Å². The lowest BCUT2D eigenvalue weighted by Crippen LogP contribution is -2.44. The summed E-state index contributed by atoms with van der Waals surface area (Å²) in [5.41, 5.74) is -0.186. The molecule has 1 aliphatic carbocycles. The molecule has 2 heterocycles. The van der Waals surface area contributed by atoms with Gasteiger partial charge in [-0.05, 0) is 102 Å². The fraction of sp³-hybridized carbons (Fsp3) is 0.500. The second kappa shape index (κ2) is 13.8. The summed E-state index contributed by atoms with van der Waals surface area (Å²) in [5, 5.41) is 5.16. The molecule has 5 rings (SSSR count). The Hall–Kier alpha value is -3.46. The number of nitrogens with one attached hydrogen (secondary N) is 1. The van der Waals surface area contributed by atoms with Crippen LogP contribution in [0, 0.1) is 17.0 Å². The van der Waals surface area contributed by atoms with E-state index in [0.29, 0.717) is 52.3 Å². The van der Waals surface area contributed by atoms with Crippen LogP contribution in [0.2, 0.25) is 0 Å². The van der Waals surface area contributed by atoms with Gasteiger partial charge in [-0.2, -0.15) is 4.31 Å². The molecule has 0 radical (unpaired) electrons. The maximum absolute atomic E-state index is 14.1. The van der Waals surface area contributed by atoms with Gasteiger partial charge in [-0.15, -0.1) is 11.3 Å². The van der Waals surface area contributed by atoms with E-state index >= 15 is 0 Å². The first kappa shape index (κ1) is 35.8. The number of hydrogen-bond donors (Lipinski definition) is 1. The summed E-state index contributed by atoms with van der Waals surface area (Å²) in [6.45, 7) is 6.04. The van der Waals surface area contributed by atoms with Crippen LogP contribution in [0.4, 0.5) is 8.78 Å². The van der Waals surface area contributed by atoms with Crippen LogP contribution in [0.15, 0.2) is 40.6 Å². The Balaban J connectivity index is 1.34. The van der Waals surface area contributed by atoms with Crippen molar-refractivity contribution in [3.8, 4) is 17.0 Å². The first-order chi connectivity index (χ1) is 22.5. The second-order valence-corrected chi connectivity index (χ2v) is 16.6. The molecule has 1 fully saturated rings. The van der Waals surface area contributed by atoms with E-state index in [9.17, 15) is 26.8 Å². The molecule has 0 unspecified atom stereocenters. The molecular weight excluding hydrogens is 663 g/mol. The number of carbonyl (C=O) groups excluding carboxylic acids is 2. The van der Waals surface area contributed by atoms with Gasteiger partial charge in [0.25, 0.3) is 0 Å². The van der Waals surface area contributed by atoms with Crippen LogP contribution < -0.4 is 10.1 Å². The highest BCUT2D eigenvalue weighted by molar-refractivity contribution is 7.89. The molecule has 1 aliphatic heterocycles. The lowest BCUT2D eigenvalue weighted by molar-refractivity contribution is -0.160. The summed E-state index contributed by atoms with van der Waals surface area (Å²) in [6.07, 6.45) is 1.30. The number of halogens is 2. The lowest BCUT2D eigenvalue weighted by Gasteiger charge is -2.34. The molecule has 0 spiro atoms. The van der Waals surface area contributed by atoms with Crippen LogP contribution >= 0.6 is 11.3 Å². The summed E-state index contributed by atoms with van der Waals surface area (Å²) >= 11 is 1.27. The molecule has 260 valence electrons.